The highest BCUT2D eigenvalue weighted by molar-refractivity contribution is 6.34. The molecule has 1 fully saturated rings. The summed E-state index contributed by atoms with van der Waals surface area (Å²) in [4.78, 5) is 65.8. The van der Waals surface area contributed by atoms with Gasteiger partial charge in [-0.2, -0.15) is 0 Å². The summed E-state index contributed by atoms with van der Waals surface area (Å²) in [6, 6.07) is 11.3. The second-order valence-electron chi connectivity index (χ2n) is 17.0. The highest BCUT2D eigenvalue weighted by Gasteiger charge is 2.32. The van der Waals surface area contributed by atoms with Gasteiger partial charge in [-0.25, -0.2) is 14.8 Å². The largest absolute Gasteiger partial charge is 0.469 e. The maximum absolute atomic E-state index is 13.8. The minimum absolute atomic E-state index is 0.0144. The third kappa shape index (κ3) is 8.56. The molecule has 1 saturated carbocycles. The number of carbonyl (C=O) groups excluding carboxylic acids is 4. The molecule has 2 aromatic heterocycles. The summed E-state index contributed by atoms with van der Waals surface area (Å²) in [6.07, 6.45) is 4.78. The maximum Gasteiger partial charge on any atom is 0.410 e. The number of nitrogens with one attached hydrogen (secondary N) is 1. The molecule has 13 nitrogen and oxygen atoms in total. The van der Waals surface area contributed by atoms with E-state index in [-0.39, 0.29) is 36.5 Å². The van der Waals surface area contributed by atoms with Gasteiger partial charge in [0.05, 0.1) is 36.0 Å². The number of aromatic nitrogens is 4. The Balaban J connectivity index is 1.01. The Hall–Kier alpha value is -5.01. The Morgan fingerprint density at radius 3 is 2.21 bits per heavy atom. The normalized spacial score (nSPS) is 18.3. The van der Waals surface area contributed by atoms with Crippen LogP contribution in [0.25, 0.3) is 11.1 Å². The van der Waals surface area contributed by atoms with Crippen molar-refractivity contribution < 1.29 is 28.7 Å². The quantitative estimate of drug-likeness (QED) is 0.139. The monoisotopic (exact) mass is 811 g/mol. The fourth-order valence-corrected chi connectivity index (χ4v) is 9.03. The first-order valence-electron chi connectivity index (χ1n) is 20.2. The van der Waals surface area contributed by atoms with Crippen LogP contribution < -0.4 is 5.32 Å². The minimum atomic E-state index is -0.607. The van der Waals surface area contributed by atoms with Gasteiger partial charge >= 0.3 is 12.1 Å². The van der Waals surface area contributed by atoms with Crippen molar-refractivity contribution in [1.29, 1.82) is 0 Å². The molecule has 14 heteroatoms. The van der Waals surface area contributed by atoms with Gasteiger partial charge in [-0.3, -0.25) is 19.3 Å². The van der Waals surface area contributed by atoms with Crippen LogP contribution in [-0.4, -0.2) is 85.0 Å². The van der Waals surface area contributed by atoms with Crippen molar-refractivity contribution in [1.82, 2.24) is 28.9 Å². The van der Waals surface area contributed by atoms with Crippen molar-refractivity contribution in [3.05, 3.63) is 87.0 Å². The second-order valence-corrected chi connectivity index (χ2v) is 17.3. The number of anilines is 1. The highest BCUT2D eigenvalue weighted by Crippen LogP contribution is 2.37. The van der Waals surface area contributed by atoms with Gasteiger partial charge in [0.2, 0.25) is 5.78 Å². The number of imidazole rings is 2. The van der Waals surface area contributed by atoms with Gasteiger partial charge in [0.15, 0.2) is 11.6 Å². The molecule has 308 valence electrons. The summed E-state index contributed by atoms with van der Waals surface area (Å²) in [5.41, 5.74) is 6.74. The Kier molecular flexibility index (Phi) is 11.8. The van der Waals surface area contributed by atoms with E-state index >= 15 is 0 Å². The number of ether oxygens (including phenoxy) is 2. The molecule has 2 aliphatic heterocycles. The predicted octanol–water partition coefficient (Wildman–Crippen LogP) is 7.09. The Labute approximate surface area is 345 Å². The van der Waals surface area contributed by atoms with Gasteiger partial charge in [0.1, 0.15) is 5.60 Å². The molecule has 2 amide bonds. The Morgan fingerprint density at radius 2 is 1.50 bits per heavy atom. The lowest BCUT2D eigenvalue weighted by molar-refractivity contribution is -0.146. The standard InChI is InChI=1S/C44H54ClN7O6/c1-26-30(31-12-8-10-29(38(31)45)22-37(53)39-46-34-25-52(21-19-36(34)49(39)5)43(56)58-44(2,3)4)11-9-13-32(26)48-41(54)40-47-33-24-51(20-18-35(33)50(40)6)23-27-14-16-28(17-15-27)42(55)57-7/h8-13,27-28H,14-25H2,1-7H3,(H,48,54). The molecule has 4 heterocycles. The zero-order valence-corrected chi connectivity index (χ0v) is 35.4. The lowest BCUT2D eigenvalue weighted by Gasteiger charge is -2.33. The smallest absolute Gasteiger partial charge is 0.410 e. The van der Waals surface area contributed by atoms with E-state index in [9.17, 15) is 19.2 Å². The summed E-state index contributed by atoms with van der Waals surface area (Å²) in [5.74, 6) is 0.666. The molecule has 7 rings (SSSR count). The molecule has 1 aliphatic carbocycles. The van der Waals surface area contributed by atoms with Crippen LogP contribution in [0.3, 0.4) is 0 Å². The zero-order chi connectivity index (χ0) is 41.5. The number of amides is 2. The number of benzene rings is 2. The van der Waals surface area contributed by atoms with Gasteiger partial charge in [0, 0.05) is 82.2 Å². The van der Waals surface area contributed by atoms with E-state index in [1.54, 1.807) is 4.90 Å². The van der Waals surface area contributed by atoms with Gasteiger partial charge in [-0.15, -0.1) is 0 Å². The molecule has 0 unspecified atom stereocenters. The predicted molar refractivity (Wildman–Crippen MR) is 221 cm³/mol. The number of rotatable bonds is 9. The van der Waals surface area contributed by atoms with Gasteiger partial charge in [0.25, 0.3) is 5.91 Å². The van der Waals surface area contributed by atoms with E-state index in [0.717, 1.165) is 79.0 Å². The van der Waals surface area contributed by atoms with Crippen LogP contribution >= 0.6 is 11.6 Å². The number of Topliss-reactive ketones (excluding diaryl/α,β-unsaturated/α-hetero) is 1. The van der Waals surface area contributed by atoms with Crippen LogP contribution in [-0.2, 0) is 60.7 Å². The number of fused-ring (bicyclic) bond motifs is 2. The second kappa shape index (κ2) is 16.7. The van der Waals surface area contributed by atoms with Gasteiger partial charge < -0.3 is 28.8 Å². The Morgan fingerprint density at radius 1 is 0.862 bits per heavy atom. The van der Waals surface area contributed by atoms with Crippen LogP contribution in [0.4, 0.5) is 10.5 Å². The average molecular weight is 812 g/mol. The summed E-state index contributed by atoms with van der Waals surface area (Å²) in [5, 5.41) is 3.56. The number of methoxy groups -OCH3 is 1. The minimum Gasteiger partial charge on any atom is -0.469 e. The molecule has 4 aromatic rings. The van der Waals surface area contributed by atoms with E-state index in [1.165, 1.54) is 7.11 Å². The first-order valence-corrected chi connectivity index (χ1v) is 20.6. The number of halogens is 1. The van der Waals surface area contributed by atoms with E-state index in [4.69, 9.17) is 26.1 Å². The van der Waals surface area contributed by atoms with Crippen LogP contribution in [0.15, 0.2) is 36.4 Å². The van der Waals surface area contributed by atoms with Crippen LogP contribution in [0.2, 0.25) is 5.02 Å². The van der Waals surface area contributed by atoms with Gasteiger partial charge in [-0.1, -0.05) is 41.9 Å². The SMILES string of the molecule is COC(=O)C1CCC(CN2CCc3c(nc(C(=O)Nc4cccc(-c5cccc(CC(=O)c6nc7c(n6C)CCN(C(=O)OC(C)(C)C)C7)c5Cl)c4C)n3C)C2)CC1. The van der Waals surface area contributed by atoms with Gasteiger partial charge in [-0.05, 0) is 82.1 Å². The van der Waals surface area contributed by atoms with E-state index < -0.39 is 11.7 Å². The number of esters is 1. The summed E-state index contributed by atoms with van der Waals surface area (Å²) < 4.78 is 14.3. The molecular formula is C44H54ClN7O6. The molecule has 58 heavy (non-hydrogen) atoms. The molecule has 0 saturated heterocycles. The van der Waals surface area contributed by atoms with Crippen molar-refractivity contribution in [3.63, 3.8) is 0 Å². The lowest BCUT2D eigenvalue weighted by Crippen LogP contribution is -2.40. The van der Waals surface area contributed by atoms with Crippen molar-refractivity contribution >= 4 is 41.0 Å². The fourth-order valence-electron chi connectivity index (χ4n) is 8.73. The van der Waals surface area contributed by atoms with Crippen molar-refractivity contribution in [3.8, 4) is 11.1 Å². The first kappa shape index (κ1) is 41.2. The number of hydrogen-bond acceptors (Lipinski definition) is 9. The summed E-state index contributed by atoms with van der Waals surface area (Å²) in [6.45, 7) is 10.7. The molecule has 0 atom stereocenters. The van der Waals surface area contributed by atoms with Crippen LogP contribution in [0, 0.1) is 18.8 Å². The number of nitrogens with zero attached hydrogens (tertiary/aromatic N) is 6. The molecule has 2 aromatic carbocycles. The number of carbonyl (C=O) groups is 4. The van der Waals surface area contributed by atoms with Crippen molar-refractivity contribution in [2.75, 3.05) is 32.1 Å². The molecule has 3 aliphatic rings. The molecule has 0 radical (unpaired) electrons. The van der Waals surface area contributed by atoms with E-state index in [1.807, 2.05) is 87.3 Å². The van der Waals surface area contributed by atoms with Crippen molar-refractivity contribution in [2.24, 2.45) is 25.9 Å². The Bertz CT molecular complexity index is 2250. The third-order valence-corrected chi connectivity index (χ3v) is 12.3. The molecule has 1 N–H and O–H groups in total. The third-order valence-electron chi connectivity index (χ3n) is 11.9. The molecule has 0 bridgehead atoms. The summed E-state index contributed by atoms with van der Waals surface area (Å²) >= 11 is 7.06. The topological polar surface area (TPSA) is 141 Å². The summed E-state index contributed by atoms with van der Waals surface area (Å²) in [7, 11) is 5.20. The number of hydrogen-bond donors (Lipinski definition) is 1. The fraction of sp³-hybridized carbons (Fsp3) is 0.500. The van der Waals surface area contributed by atoms with Crippen LogP contribution in [0.5, 0.6) is 0 Å². The zero-order valence-electron chi connectivity index (χ0n) is 34.6. The van der Waals surface area contributed by atoms with Crippen molar-refractivity contribution in [2.45, 2.75) is 91.3 Å². The molecule has 0 spiro atoms. The van der Waals surface area contributed by atoms with E-state index in [2.05, 4.69) is 15.2 Å². The lowest BCUT2D eigenvalue weighted by atomic mass is 9.81. The highest BCUT2D eigenvalue weighted by atomic mass is 35.5. The first-order chi connectivity index (χ1) is 27.6. The average Bonchev–Trinajstić information content (AvgIpc) is 3.71. The van der Waals surface area contributed by atoms with E-state index in [0.29, 0.717) is 59.0 Å². The molecular weight excluding hydrogens is 758 g/mol. The van der Waals surface area contributed by atoms with Crippen LogP contribution in [0.1, 0.15) is 102 Å². The number of ketones is 1. The maximum atomic E-state index is 13.8.